The van der Waals surface area contributed by atoms with Crippen molar-refractivity contribution in [1.82, 2.24) is 20.0 Å². The third-order valence-corrected chi connectivity index (χ3v) is 3.54. The SMILES string of the molecule is CCn1cc(C(=O)NC2(CO)CN(C(=O)OC(C)(C)C)C2)cn1. The lowest BCUT2D eigenvalue weighted by Crippen LogP contribution is -2.73. The van der Waals surface area contributed by atoms with Crippen LogP contribution in [0.4, 0.5) is 4.79 Å². The maximum atomic E-state index is 12.2. The Bertz CT molecular complexity index is 585. The van der Waals surface area contributed by atoms with Crippen LogP contribution in [-0.2, 0) is 11.3 Å². The number of aliphatic hydroxyl groups is 1. The van der Waals surface area contributed by atoms with Crippen LogP contribution in [0.1, 0.15) is 38.1 Å². The molecule has 1 aliphatic heterocycles. The number of likely N-dealkylation sites (tertiary alicyclic amines) is 1. The van der Waals surface area contributed by atoms with E-state index < -0.39 is 17.2 Å². The molecule has 0 aromatic carbocycles. The van der Waals surface area contributed by atoms with Crippen LogP contribution in [-0.4, -0.2) is 62.6 Å². The second kappa shape index (κ2) is 6.19. The molecule has 1 aromatic rings. The van der Waals surface area contributed by atoms with Crippen molar-refractivity contribution in [3.05, 3.63) is 18.0 Å². The predicted octanol–water partition coefficient (Wildman–Crippen LogP) is 0.615. The first-order valence-corrected chi connectivity index (χ1v) is 7.62. The van der Waals surface area contributed by atoms with Crippen LogP contribution in [0.5, 0.6) is 0 Å². The molecule has 0 bridgehead atoms. The van der Waals surface area contributed by atoms with Crippen molar-refractivity contribution in [3.63, 3.8) is 0 Å². The van der Waals surface area contributed by atoms with Gasteiger partial charge in [-0.25, -0.2) is 4.79 Å². The monoisotopic (exact) mass is 324 g/mol. The Morgan fingerprint density at radius 2 is 2.09 bits per heavy atom. The topological polar surface area (TPSA) is 96.7 Å². The first-order chi connectivity index (χ1) is 10.7. The van der Waals surface area contributed by atoms with Gasteiger partial charge in [0, 0.05) is 12.7 Å². The molecule has 0 saturated carbocycles. The summed E-state index contributed by atoms with van der Waals surface area (Å²) in [6.45, 7) is 8.14. The highest BCUT2D eigenvalue weighted by atomic mass is 16.6. The summed E-state index contributed by atoms with van der Waals surface area (Å²) in [5, 5.41) is 16.4. The zero-order valence-electron chi connectivity index (χ0n) is 14.0. The molecule has 1 fully saturated rings. The summed E-state index contributed by atoms with van der Waals surface area (Å²) >= 11 is 0. The normalized spacial score (nSPS) is 16.7. The minimum Gasteiger partial charge on any atom is -0.444 e. The molecule has 2 heterocycles. The molecule has 1 aliphatic rings. The Hall–Kier alpha value is -2.09. The van der Waals surface area contributed by atoms with Crippen LogP contribution in [0.2, 0.25) is 0 Å². The molecule has 2 amide bonds. The molecule has 8 heteroatoms. The summed E-state index contributed by atoms with van der Waals surface area (Å²) in [4.78, 5) is 25.6. The lowest BCUT2D eigenvalue weighted by atomic mass is 9.90. The van der Waals surface area contributed by atoms with E-state index in [0.29, 0.717) is 12.1 Å². The molecule has 8 nitrogen and oxygen atoms in total. The van der Waals surface area contributed by atoms with E-state index in [4.69, 9.17) is 4.74 Å². The summed E-state index contributed by atoms with van der Waals surface area (Å²) < 4.78 is 6.91. The number of hydrogen-bond acceptors (Lipinski definition) is 5. The van der Waals surface area contributed by atoms with Gasteiger partial charge in [0.25, 0.3) is 5.91 Å². The van der Waals surface area contributed by atoms with Crippen LogP contribution in [0.15, 0.2) is 12.4 Å². The zero-order chi connectivity index (χ0) is 17.3. The van der Waals surface area contributed by atoms with Crippen molar-refractivity contribution in [2.45, 2.75) is 45.4 Å². The first-order valence-electron chi connectivity index (χ1n) is 7.62. The fourth-order valence-electron chi connectivity index (χ4n) is 2.33. The summed E-state index contributed by atoms with van der Waals surface area (Å²) in [7, 11) is 0. The highest BCUT2D eigenvalue weighted by molar-refractivity contribution is 5.94. The summed E-state index contributed by atoms with van der Waals surface area (Å²) in [6.07, 6.45) is 2.67. The predicted molar refractivity (Wildman–Crippen MR) is 83.0 cm³/mol. The fourth-order valence-corrected chi connectivity index (χ4v) is 2.33. The second-order valence-electron chi connectivity index (χ2n) is 6.81. The lowest BCUT2D eigenvalue weighted by molar-refractivity contribution is -0.0295. The van der Waals surface area contributed by atoms with Gasteiger partial charge in [-0.05, 0) is 27.7 Å². The highest BCUT2D eigenvalue weighted by Crippen LogP contribution is 2.23. The fraction of sp³-hybridized carbons (Fsp3) is 0.667. The number of rotatable bonds is 4. The van der Waals surface area contributed by atoms with Gasteiger partial charge in [-0.1, -0.05) is 0 Å². The molecule has 0 spiro atoms. The third kappa shape index (κ3) is 4.01. The minimum absolute atomic E-state index is 0.214. The molecule has 128 valence electrons. The van der Waals surface area contributed by atoms with Gasteiger partial charge in [-0.15, -0.1) is 0 Å². The quantitative estimate of drug-likeness (QED) is 0.846. The van der Waals surface area contributed by atoms with E-state index in [1.165, 1.54) is 11.1 Å². The van der Waals surface area contributed by atoms with Crippen molar-refractivity contribution in [3.8, 4) is 0 Å². The van der Waals surface area contributed by atoms with Crippen LogP contribution in [0.3, 0.4) is 0 Å². The van der Waals surface area contributed by atoms with Crippen molar-refractivity contribution in [1.29, 1.82) is 0 Å². The molecule has 2 rings (SSSR count). The van der Waals surface area contributed by atoms with Crippen LogP contribution in [0.25, 0.3) is 0 Å². The molecule has 1 aromatic heterocycles. The molecule has 2 N–H and O–H groups in total. The average Bonchev–Trinajstić information content (AvgIpc) is 2.89. The number of aromatic nitrogens is 2. The van der Waals surface area contributed by atoms with Gasteiger partial charge in [0.05, 0.1) is 37.0 Å². The number of amides is 2. The van der Waals surface area contributed by atoms with E-state index in [2.05, 4.69) is 10.4 Å². The summed E-state index contributed by atoms with van der Waals surface area (Å²) in [6, 6.07) is 0. The Balaban J connectivity index is 1.94. The van der Waals surface area contributed by atoms with Crippen LogP contribution in [0, 0.1) is 0 Å². The molecular weight excluding hydrogens is 300 g/mol. The van der Waals surface area contributed by atoms with E-state index in [-0.39, 0.29) is 25.6 Å². The zero-order valence-corrected chi connectivity index (χ0v) is 14.0. The Morgan fingerprint density at radius 3 is 2.57 bits per heavy atom. The van der Waals surface area contributed by atoms with Crippen molar-refractivity contribution >= 4 is 12.0 Å². The number of carbonyl (C=O) groups is 2. The molecule has 1 saturated heterocycles. The van der Waals surface area contributed by atoms with Gasteiger partial charge in [0.2, 0.25) is 0 Å². The largest absolute Gasteiger partial charge is 0.444 e. The number of hydrogen-bond donors (Lipinski definition) is 2. The van der Waals surface area contributed by atoms with Gasteiger partial charge >= 0.3 is 6.09 Å². The molecule has 0 unspecified atom stereocenters. The Morgan fingerprint density at radius 1 is 1.43 bits per heavy atom. The molecule has 0 radical (unpaired) electrons. The smallest absolute Gasteiger partial charge is 0.410 e. The average molecular weight is 324 g/mol. The highest BCUT2D eigenvalue weighted by Gasteiger charge is 2.47. The number of ether oxygens (including phenoxy) is 1. The van der Waals surface area contributed by atoms with E-state index in [9.17, 15) is 14.7 Å². The molecule has 0 atom stereocenters. The maximum absolute atomic E-state index is 12.2. The van der Waals surface area contributed by atoms with Gasteiger partial charge < -0.3 is 20.1 Å². The van der Waals surface area contributed by atoms with Gasteiger partial charge in [-0.2, -0.15) is 5.10 Å². The van der Waals surface area contributed by atoms with Gasteiger partial charge in [0.15, 0.2) is 0 Å². The molecular formula is C15H24N4O4. The number of carbonyl (C=O) groups excluding carboxylic acids is 2. The van der Waals surface area contributed by atoms with Crippen LogP contribution < -0.4 is 5.32 Å². The van der Waals surface area contributed by atoms with E-state index >= 15 is 0 Å². The minimum atomic E-state index is -0.831. The number of aryl methyl sites for hydroxylation is 1. The lowest BCUT2D eigenvalue weighted by Gasteiger charge is -2.49. The Kier molecular flexibility index (Phi) is 4.65. The number of nitrogens with one attached hydrogen (secondary N) is 1. The summed E-state index contributed by atoms with van der Waals surface area (Å²) in [5.41, 5.74) is -0.982. The van der Waals surface area contributed by atoms with E-state index in [1.807, 2.05) is 6.92 Å². The van der Waals surface area contributed by atoms with Gasteiger partial charge in [0.1, 0.15) is 5.60 Å². The molecule has 0 aliphatic carbocycles. The standard InChI is InChI=1S/C15H24N4O4/c1-5-19-7-11(6-16-19)12(21)17-15(10-20)8-18(9-15)13(22)23-14(2,3)4/h6-7,20H,5,8-10H2,1-4H3,(H,17,21). The first kappa shape index (κ1) is 17.3. The number of aliphatic hydroxyl groups excluding tert-OH is 1. The van der Waals surface area contributed by atoms with Crippen molar-refractivity contribution < 1.29 is 19.4 Å². The third-order valence-electron chi connectivity index (χ3n) is 3.54. The second-order valence-corrected chi connectivity index (χ2v) is 6.81. The summed E-state index contributed by atoms with van der Waals surface area (Å²) in [5.74, 6) is -0.317. The van der Waals surface area contributed by atoms with E-state index in [0.717, 1.165) is 0 Å². The van der Waals surface area contributed by atoms with Crippen LogP contribution >= 0.6 is 0 Å². The van der Waals surface area contributed by atoms with Crippen molar-refractivity contribution in [2.75, 3.05) is 19.7 Å². The maximum Gasteiger partial charge on any atom is 0.410 e. The van der Waals surface area contributed by atoms with Crippen molar-refractivity contribution in [2.24, 2.45) is 0 Å². The molecule has 23 heavy (non-hydrogen) atoms. The van der Waals surface area contributed by atoms with Gasteiger partial charge in [-0.3, -0.25) is 9.48 Å². The number of nitrogens with zero attached hydrogens (tertiary/aromatic N) is 3. The Labute approximate surface area is 135 Å². The van der Waals surface area contributed by atoms with E-state index in [1.54, 1.807) is 31.6 Å².